The van der Waals surface area contributed by atoms with Crippen LogP contribution in [0.1, 0.15) is 71.6 Å². The lowest BCUT2D eigenvalue weighted by Crippen LogP contribution is -2.31. The van der Waals surface area contributed by atoms with E-state index in [1.807, 2.05) is 0 Å². The van der Waals surface area contributed by atoms with Crippen molar-refractivity contribution in [3.8, 4) is 0 Å². The van der Waals surface area contributed by atoms with E-state index < -0.39 is 0 Å². The van der Waals surface area contributed by atoms with E-state index in [2.05, 4.69) is 19.2 Å². The van der Waals surface area contributed by atoms with Gasteiger partial charge in [-0.1, -0.05) is 26.2 Å². The second-order valence-corrected chi connectivity index (χ2v) is 6.42. The molecule has 0 amide bonds. The first-order valence-electron chi connectivity index (χ1n) is 8.16. The van der Waals surface area contributed by atoms with Crippen LogP contribution >= 0.6 is 0 Å². The molecule has 2 rings (SSSR count). The molecule has 2 heteroatoms. The Morgan fingerprint density at radius 3 is 2.67 bits per heavy atom. The quantitative estimate of drug-likeness (QED) is 0.750. The molecule has 0 aromatic rings. The van der Waals surface area contributed by atoms with E-state index in [4.69, 9.17) is 4.74 Å². The highest BCUT2D eigenvalue weighted by Crippen LogP contribution is 2.31. The second-order valence-electron chi connectivity index (χ2n) is 6.42. The van der Waals surface area contributed by atoms with Crippen LogP contribution in [0.15, 0.2) is 0 Å². The van der Waals surface area contributed by atoms with Crippen molar-refractivity contribution >= 4 is 0 Å². The van der Waals surface area contributed by atoms with Crippen LogP contribution in [-0.2, 0) is 4.74 Å². The van der Waals surface area contributed by atoms with Gasteiger partial charge in [0.2, 0.25) is 0 Å². The van der Waals surface area contributed by atoms with Gasteiger partial charge in [0.25, 0.3) is 0 Å². The third kappa shape index (κ3) is 4.55. The van der Waals surface area contributed by atoms with Crippen LogP contribution in [0.2, 0.25) is 0 Å². The van der Waals surface area contributed by atoms with E-state index in [1.165, 1.54) is 64.3 Å². The Morgan fingerprint density at radius 1 is 1.11 bits per heavy atom. The van der Waals surface area contributed by atoms with Gasteiger partial charge in [0.1, 0.15) is 0 Å². The van der Waals surface area contributed by atoms with Crippen LogP contribution in [0.3, 0.4) is 0 Å². The first kappa shape index (κ1) is 14.3. The smallest absolute Gasteiger partial charge is 0.0582 e. The highest BCUT2D eigenvalue weighted by Gasteiger charge is 2.27. The van der Waals surface area contributed by atoms with E-state index in [1.54, 1.807) is 0 Å². The molecule has 1 saturated carbocycles. The Labute approximate surface area is 113 Å². The molecule has 0 aromatic carbocycles. The zero-order chi connectivity index (χ0) is 12.8. The third-order valence-corrected chi connectivity index (χ3v) is 4.63. The molecule has 106 valence electrons. The summed E-state index contributed by atoms with van der Waals surface area (Å²) < 4.78 is 6.00. The fraction of sp³-hybridized carbons (Fsp3) is 1.00. The van der Waals surface area contributed by atoms with Gasteiger partial charge in [-0.15, -0.1) is 0 Å². The van der Waals surface area contributed by atoms with Crippen molar-refractivity contribution in [3.63, 3.8) is 0 Å². The van der Waals surface area contributed by atoms with E-state index >= 15 is 0 Å². The van der Waals surface area contributed by atoms with Crippen molar-refractivity contribution in [2.75, 3.05) is 6.54 Å². The lowest BCUT2D eigenvalue weighted by Gasteiger charge is -2.23. The minimum atomic E-state index is 0.509. The van der Waals surface area contributed by atoms with Gasteiger partial charge in [-0.05, 0) is 57.9 Å². The standard InChI is InChI=1S/C16H31NO/c1-3-10-17-15-7-5-4-6-14(11-15)12-16-9-8-13(2)18-16/h13-17H,3-12H2,1-2H3. The summed E-state index contributed by atoms with van der Waals surface area (Å²) in [5.41, 5.74) is 0. The maximum atomic E-state index is 6.00. The summed E-state index contributed by atoms with van der Waals surface area (Å²) in [6.45, 7) is 5.67. The summed E-state index contributed by atoms with van der Waals surface area (Å²) in [5, 5.41) is 3.73. The molecule has 4 unspecified atom stereocenters. The molecule has 1 aliphatic heterocycles. The zero-order valence-electron chi connectivity index (χ0n) is 12.3. The summed E-state index contributed by atoms with van der Waals surface area (Å²) in [4.78, 5) is 0. The predicted octanol–water partition coefficient (Wildman–Crippen LogP) is 3.89. The van der Waals surface area contributed by atoms with Crippen LogP contribution < -0.4 is 5.32 Å². The predicted molar refractivity (Wildman–Crippen MR) is 76.8 cm³/mol. The van der Waals surface area contributed by atoms with Crippen molar-refractivity contribution < 1.29 is 4.74 Å². The summed E-state index contributed by atoms with van der Waals surface area (Å²) in [7, 11) is 0. The monoisotopic (exact) mass is 253 g/mol. The molecule has 0 radical (unpaired) electrons. The van der Waals surface area contributed by atoms with Crippen molar-refractivity contribution in [1.82, 2.24) is 5.32 Å². The van der Waals surface area contributed by atoms with Gasteiger partial charge in [-0.25, -0.2) is 0 Å². The average molecular weight is 253 g/mol. The Hall–Kier alpha value is -0.0800. The Morgan fingerprint density at radius 2 is 1.94 bits per heavy atom. The molecular weight excluding hydrogens is 222 g/mol. The van der Waals surface area contributed by atoms with Crippen LogP contribution in [0.25, 0.3) is 0 Å². The summed E-state index contributed by atoms with van der Waals surface area (Å²) in [6, 6.07) is 0.774. The molecule has 1 heterocycles. The number of rotatable bonds is 5. The maximum Gasteiger partial charge on any atom is 0.0582 e. The summed E-state index contributed by atoms with van der Waals surface area (Å²) in [5.74, 6) is 0.900. The highest BCUT2D eigenvalue weighted by atomic mass is 16.5. The van der Waals surface area contributed by atoms with Crippen LogP contribution in [0.5, 0.6) is 0 Å². The molecule has 2 aliphatic rings. The molecular formula is C16H31NO. The Bertz CT molecular complexity index is 231. The third-order valence-electron chi connectivity index (χ3n) is 4.63. The molecule has 2 nitrogen and oxygen atoms in total. The summed E-state index contributed by atoms with van der Waals surface area (Å²) >= 11 is 0. The highest BCUT2D eigenvalue weighted by molar-refractivity contribution is 4.80. The fourth-order valence-electron chi connectivity index (χ4n) is 3.64. The lowest BCUT2D eigenvalue weighted by molar-refractivity contribution is 0.0386. The molecule has 18 heavy (non-hydrogen) atoms. The SMILES string of the molecule is CCCNC1CCCCC(CC2CCC(C)O2)C1. The minimum absolute atomic E-state index is 0.509. The first-order chi connectivity index (χ1) is 8.78. The van der Waals surface area contributed by atoms with Gasteiger partial charge in [0, 0.05) is 6.04 Å². The number of hydrogen-bond acceptors (Lipinski definition) is 2. The largest absolute Gasteiger partial charge is 0.375 e. The first-order valence-corrected chi connectivity index (χ1v) is 8.16. The average Bonchev–Trinajstić information content (AvgIpc) is 2.63. The molecule has 0 aromatic heterocycles. The van der Waals surface area contributed by atoms with E-state index in [0.29, 0.717) is 12.2 Å². The Kier molecular flexibility index (Phi) is 5.97. The molecule has 1 saturated heterocycles. The van der Waals surface area contributed by atoms with E-state index in [9.17, 15) is 0 Å². The molecule has 0 spiro atoms. The van der Waals surface area contributed by atoms with Crippen LogP contribution in [-0.4, -0.2) is 24.8 Å². The van der Waals surface area contributed by atoms with Gasteiger partial charge >= 0.3 is 0 Å². The van der Waals surface area contributed by atoms with Crippen molar-refractivity contribution in [2.45, 2.75) is 89.9 Å². The lowest BCUT2D eigenvalue weighted by atomic mass is 9.91. The van der Waals surface area contributed by atoms with Gasteiger partial charge in [0.15, 0.2) is 0 Å². The van der Waals surface area contributed by atoms with Crippen LogP contribution in [0, 0.1) is 5.92 Å². The number of hydrogen-bond donors (Lipinski definition) is 1. The Balaban J connectivity index is 1.75. The normalized spacial score (nSPS) is 37.7. The van der Waals surface area contributed by atoms with Gasteiger partial charge in [0.05, 0.1) is 12.2 Å². The molecule has 1 aliphatic carbocycles. The molecule has 1 N–H and O–H groups in total. The molecule has 4 atom stereocenters. The second kappa shape index (κ2) is 7.49. The van der Waals surface area contributed by atoms with Crippen molar-refractivity contribution in [3.05, 3.63) is 0 Å². The maximum absolute atomic E-state index is 6.00. The molecule has 0 bridgehead atoms. The van der Waals surface area contributed by atoms with E-state index in [-0.39, 0.29) is 0 Å². The van der Waals surface area contributed by atoms with Crippen molar-refractivity contribution in [2.24, 2.45) is 5.92 Å². The zero-order valence-corrected chi connectivity index (χ0v) is 12.3. The van der Waals surface area contributed by atoms with Crippen molar-refractivity contribution in [1.29, 1.82) is 0 Å². The number of nitrogens with one attached hydrogen (secondary N) is 1. The minimum Gasteiger partial charge on any atom is -0.375 e. The fourth-order valence-corrected chi connectivity index (χ4v) is 3.64. The number of ether oxygens (including phenoxy) is 1. The molecule has 2 fully saturated rings. The van der Waals surface area contributed by atoms with Gasteiger partial charge in [-0.2, -0.15) is 0 Å². The van der Waals surface area contributed by atoms with E-state index in [0.717, 1.165) is 12.0 Å². The van der Waals surface area contributed by atoms with Gasteiger partial charge < -0.3 is 10.1 Å². The summed E-state index contributed by atoms with van der Waals surface area (Å²) in [6.07, 6.45) is 13.3. The topological polar surface area (TPSA) is 21.3 Å². The van der Waals surface area contributed by atoms with Crippen LogP contribution in [0.4, 0.5) is 0 Å². The van der Waals surface area contributed by atoms with Gasteiger partial charge in [-0.3, -0.25) is 0 Å².